The van der Waals surface area contributed by atoms with E-state index in [2.05, 4.69) is 21.0 Å². The topological polar surface area (TPSA) is 105 Å². The maximum Gasteiger partial charge on any atom is 0.264 e. The summed E-state index contributed by atoms with van der Waals surface area (Å²) in [5, 5.41) is 3.74. The van der Waals surface area contributed by atoms with E-state index in [9.17, 15) is 18.0 Å². The van der Waals surface area contributed by atoms with Gasteiger partial charge in [-0.15, -0.1) is 0 Å². The highest BCUT2D eigenvalue weighted by atomic mass is 35.5. The van der Waals surface area contributed by atoms with Gasteiger partial charge in [0.15, 0.2) is 0 Å². The zero-order chi connectivity index (χ0) is 29.1. The number of anilines is 2. The van der Waals surface area contributed by atoms with Crippen LogP contribution >= 0.6 is 11.6 Å². The van der Waals surface area contributed by atoms with Crippen LogP contribution in [0.1, 0.15) is 42.4 Å². The van der Waals surface area contributed by atoms with Crippen molar-refractivity contribution in [3.05, 3.63) is 82.4 Å². The summed E-state index contributed by atoms with van der Waals surface area (Å²) >= 11 is 6.37. The Bertz CT molecular complexity index is 1710. The van der Waals surface area contributed by atoms with Gasteiger partial charge in [0.25, 0.3) is 10.0 Å². The molecule has 0 aromatic heterocycles. The molecule has 0 radical (unpaired) electrons. The van der Waals surface area contributed by atoms with E-state index in [0.717, 1.165) is 32.1 Å². The number of nitrogens with one attached hydrogen (secondary N) is 2. The molecule has 3 aromatic carbocycles. The molecule has 1 fully saturated rings. The van der Waals surface area contributed by atoms with Crippen molar-refractivity contribution in [2.45, 2.75) is 48.8 Å². The van der Waals surface area contributed by atoms with Crippen LogP contribution in [0, 0.1) is 11.8 Å². The second kappa shape index (κ2) is 10.3. The second-order valence-corrected chi connectivity index (χ2v) is 14.2. The monoisotopic (exact) mass is 605 g/mol. The van der Waals surface area contributed by atoms with E-state index in [1.807, 2.05) is 12.1 Å². The quantitative estimate of drug-likeness (QED) is 0.380. The Balaban J connectivity index is 1.32. The number of hydrogen-bond acceptors (Lipinski definition) is 6. The largest absolute Gasteiger partial charge is 0.490 e. The molecule has 8 nitrogen and oxygen atoms in total. The van der Waals surface area contributed by atoms with E-state index in [0.29, 0.717) is 47.4 Å². The van der Waals surface area contributed by atoms with Gasteiger partial charge in [0.1, 0.15) is 5.75 Å². The van der Waals surface area contributed by atoms with Gasteiger partial charge in [-0.3, -0.25) is 9.59 Å². The van der Waals surface area contributed by atoms with Crippen molar-refractivity contribution >= 4 is 44.8 Å². The molecule has 1 spiro atoms. The number of carbonyl (C=O) groups is 2. The van der Waals surface area contributed by atoms with Gasteiger partial charge < -0.3 is 15.0 Å². The van der Waals surface area contributed by atoms with E-state index in [1.54, 1.807) is 36.4 Å². The summed E-state index contributed by atoms with van der Waals surface area (Å²) in [5.74, 6) is -0.163. The van der Waals surface area contributed by atoms with Crippen molar-refractivity contribution in [3.8, 4) is 5.75 Å². The van der Waals surface area contributed by atoms with Gasteiger partial charge >= 0.3 is 0 Å². The van der Waals surface area contributed by atoms with Crippen molar-refractivity contribution in [2.24, 2.45) is 11.8 Å². The Morgan fingerprint density at radius 3 is 2.74 bits per heavy atom. The van der Waals surface area contributed by atoms with E-state index < -0.39 is 15.9 Å². The Morgan fingerprint density at radius 1 is 1.02 bits per heavy atom. The number of carbonyl (C=O) groups excluding carboxylic acids is 2. The second-order valence-electron chi connectivity index (χ2n) is 12.1. The smallest absolute Gasteiger partial charge is 0.264 e. The summed E-state index contributed by atoms with van der Waals surface area (Å²) in [7, 11) is -4.14. The first-order valence-electron chi connectivity index (χ1n) is 14.5. The molecule has 3 atom stereocenters. The molecular weight excluding hydrogens is 574 g/mol. The average molecular weight is 606 g/mol. The summed E-state index contributed by atoms with van der Waals surface area (Å²) in [6.07, 6.45) is 4.40. The van der Waals surface area contributed by atoms with Gasteiger partial charge in [-0.1, -0.05) is 29.8 Å². The van der Waals surface area contributed by atoms with Crippen molar-refractivity contribution in [2.75, 3.05) is 29.9 Å². The van der Waals surface area contributed by atoms with Gasteiger partial charge in [0, 0.05) is 35.1 Å². The van der Waals surface area contributed by atoms with Gasteiger partial charge in [0.2, 0.25) is 11.8 Å². The molecule has 2 aliphatic carbocycles. The summed E-state index contributed by atoms with van der Waals surface area (Å²) in [6.45, 7) is 1.63. The number of benzene rings is 3. The highest BCUT2D eigenvalue weighted by Crippen LogP contribution is 2.46. The molecule has 2 N–H and O–H groups in total. The normalized spacial score (nSPS) is 26.5. The zero-order valence-electron chi connectivity index (χ0n) is 23.1. The maximum absolute atomic E-state index is 13.4. The minimum atomic E-state index is -4.14. The molecule has 2 aliphatic heterocycles. The number of sulfonamides is 1. The van der Waals surface area contributed by atoms with Gasteiger partial charge in [0.05, 0.1) is 23.6 Å². The molecule has 1 saturated carbocycles. The number of aryl methyl sites for hydroxylation is 1. The predicted molar refractivity (Wildman–Crippen MR) is 161 cm³/mol. The minimum absolute atomic E-state index is 0.00118. The van der Waals surface area contributed by atoms with Crippen molar-refractivity contribution in [1.82, 2.24) is 4.72 Å². The fourth-order valence-electron chi connectivity index (χ4n) is 7.10. The number of hydrogen-bond donors (Lipinski definition) is 2. The van der Waals surface area contributed by atoms with Crippen LogP contribution < -0.4 is 19.7 Å². The number of amides is 2. The Hall–Kier alpha value is -3.56. The fourth-order valence-corrected chi connectivity index (χ4v) is 8.30. The first kappa shape index (κ1) is 27.3. The van der Waals surface area contributed by atoms with E-state index in [1.165, 1.54) is 17.2 Å². The van der Waals surface area contributed by atoms with Crippen LogP contribution in [0.3, 0.4) is 0 Å². The minimum Gasteiger partial charge on any atom is -0.490 e. The first-order valence-corrected chi connectivity index (χ1v) is 16.3. The lowest BCUT2D eigenvalue weighted by molar-refractivity contribution is -0.124. The lowest BCUT2D eigenvalue weighted by Gasteiger charge is -2.44. The highest BCUT2D eigenvalue weighted by molar-refractivity contribution is 7.90. The van der Waals surface area contributed by atoms with Crippen LogP contribution in [0.2, 0.25) is 5.02 Å². The first-order chi connectivity index (χ1) is 20.2. The van der Waals surface area contributed by atoms with E-state index in [-0.39, 0.29) is 34.5 Å². The van der Waals surface area contributed by atoms with Gasteiger partial charge in [-0.05, 0) is 97.2 Å². The third-order valence-electron chi connectivity index (χ3n) is 9.34. The molecule has 2 amide bonds. The number of fused-ring (bicyclic) bond motifs is 6. The van der Waals surface area contributed by atoms with Crippen LogP contribution in [0.4, 0.5) is 11.4 Å². The standard InChI is InChI=1S/C32H32ClN3O5S/c33-23-7-10-27-21(15-23)4-2-12-32(27)18-36-17-22-6-9-26(22)31(38)34-24-5-1-3-20(13-24)14-30(37)35-42(39,40)25-8-11-29(41-19-32)28(36)16-25/h1,3,5,7-8,10-11,13,15-16,22,26H,2,4,6,9,12,14,17-19H2,(H,34,38)(H,35,37)/t22-,26+,32-/m0/s1. The maximum atomic E-state index is 13.4. The molecule has 4 bridgehead atoms. The van der Waals surface area contributed by atoms with Crippen LogP contribution in [-0.4, -0.2) is 39.9 Å². The highest BCUT2D eigenvalue weighted by Gasteiger charge is 2.44. The molecule has 0 unspecified atom stereocenters. The number of ether oxygens (including phenoxy) is 1. The van der Waals surface area contributed by atoms with Gasteiger partial charge in [-0.2, -0.15) is 0 Å². The molecule has 3 aromatic rings. The third kappa shape index (κ3) is 4.92. The predicted octanol–water partition coefficient (Wildman–Crippen LogP) is 4.84. The number of rotatable bonds is 0. The van der Waals surface area contributed by atoms with E-state index in [4.69, 9.17) is 16.3 Å². The summed E-state index contributed by atoms with van der Waals surface area (Å²) in [4.78, 5) is 28.5. The Labute approximate surface area is 250 Å². The molecule has 0 saturated heterocycles. The van der Waals surface area contributed by atoms with Crippen molar-refractivity contribution in [1.29, 1.82) is 0 Å². The number of halogens is 1. The fraction of sp³-hybridized carbons (Fsp3) is 0.375. The van der Waals surface area contributed by atoms with Crippen LogP contribution in [0.15, 0.2) is 65.6 Å². The van der Waals surface area contributed by atoms with E-state index >= 15 is 0 Å². The summed E-state index contributed by atoms with van der Waals surface area (Å²) in [6, 6.07) is 17.8. The summed E-state index contributed by atoms with van der Waals surface area (Å²) < 4.78 is 35.5. The Kier molecular flexibility index (Phi) is 6.70. The molecule has 4 aliphatic rings. The molecule has 42 heavy (non-hydrogen) atoms. The van der Waals surface area contributed by atoms with Gasteiger partial charge in [-0.25, -0.2) is 13.1 Å². The van der Waals surface area contributed by atoms with Crippen molar-refractivity contribution < 1.29 is 22.7 Å². The van der Waals surface area contributed by atoms with Crippen LogP contribution in [0.25, 0.3) is 0 Å². The lowest BCUT2D eigenvalue weighted by atomic mass is 9.69. The third-order valence-corrected chi connectivity index (χ3v) is 10.9. The molecule has 2 heterocycles. The van der Waals surface area contributed by atoms with Crippen molar-refractivity contribution in [3.63, 3.8) is 0 Å². The van der Waals surface area contributed by atoms with Crippen LogP contribution in [-0.2, 0) is 37.9 Å². The Morgan fingerprint density at radius 2 is 1.90 bits per heavy atom. The molecule has 7 rings (SSSR count). The molecule has 218 valence electrons. The summed E-state index contributed by atoms with van der Waals surface area (Å²) in [5.41, 5.74) is 3.96. The zero-order valence-corrected chi connectivity index (χ0v) is 24.6. The molecule has 10 heteroatoms. The SMILES string of the molecule is O=C1Cc2cccc(c2)NC(=O)[C@@H]2CC[C@H]2CN2C[C@@]3(CCCc4cc(Cl)ccc43)COc3ccc(cc32)S(=O)(=O)N1. The average Bonchev–Trinajstić information content (AvgIpc) is 3.07. The lowest BCUT2D eigenvalue weighted by Crippen LogP contribution is -2.49. The number of nitrogens with zero attached hydrogens (tertiary/aromatic N) is 1. The molecular formula is C32H32ClN3O5S. The van der Waals surface area contributed by atoms with Crippen LogP contribution in [0.5, 0.6) is 5.75 Å².